The van der Waals surface area contributed by atoms with Crippen molar-refractivity contribution in [1.82, 2.24) is 0 Å². The van der Waals surface area contributed by atoms with Gasteiger partial charge in [-0.3, -0.25) is 4.79 Å². The van der Waals surface area contributed by atoms with Crippen molar-refractivity contribution >= 4 is 29.3 Å². The molecule has 2 aromatic carbocycles. The summed E-state index contributed by atoms with van der Waals surface area (Å²) in [6.45, 7) is 2.50. The van der Waals surface area contributed by atoms with E-state index >= 15 is 0 Å². The standard InChI is InChI=1S/C19H19NO5S/c1-12(25-19(22)14-5-3-4-6-17(14)26-2)18(21)20-13-7-8-15-16(11-13)24-10-9-23-15/h3-8,11-12H,9-10H2,1-2H3,(H,20,21)/t12-/m1/s1. The van der Waals surface area contributed by atoms with Crippen LogP contribution in [-0.4, -0.2) is 37.4 Å². The molecule has 0 saturated heterocycles. The van der Waals surface area contributed by atoms with Gasteiger partial charge >= 0.3 is 5.97 Å². The molecule has 0 aromatic heterocycles. The molecule has 0 spiro atoms. The van der Waals surface area contributed by atoms with Crippen molar-refractivity contribution < 1.29 is 23.8 Å². The van der Waals surface area contributed by atoms with Crippen LogP contribution in [0.4, 0.5) is 5.69 Å². The second-order valence-electron chi connectivity index (χ2n) is 5.60. The lowest BCUT2D eigenvalue weighted by molar-refractivity contribution is -0.123. The number of thioether (sulfide) groups is 1. The molecule has 0 saturated carbocycles. The monoisotopic (exact) mass is 373 g/mol. The Bertz CT molecular complexity index is 823. The highest BCUT2D eigenvalue weighted by Crippen LogP contribution is 2.32. The van der Waals surface area contributed by atoms with Crippen LogP contribution in [0, 0.1) is 0 Å². The minimum absolute atomic E-state index is 0.420. The molecule has 0 aliphatic carbocycles. The van der Waals surface area contributed by atoms with E-state index in [0.717, 1.165) is 4.90 Å². The number of benzene rings is 2. The van der Waals surface area contributed by atoms with Crippen molar-refractivity contribution in [3.8, 4) is 11.5 Å². The fourth-order valence-electron chi connectivity index (χ4n) is 2.46. The number of anilines is 1. The summed E-state index contributed by atoms with van der Waals surface area (Å²) < 4.78 is 16.2. The topological polar surface area (TPSA) is 73.9 Å². The Balaban J connectivity index is 1.63. The Morgan fingerprint density at radius 1 is 1.12 bits per heavy atom. The van der Waals surface area contributed by atoms with Crippen molar-refractivity contribution in [1.29, 1.82) is 0 Å². The summed E-state index contributed by atoms with van der Waals surface area (Å²) in [4.78, 5) is 25.5. The first-order chi connectivity index (χ1) is 12.6. The molecule has 1 aliphatic heterocycles. The first-order valence-corrected chi connectivity index (χ1v) is 9.35. The average Bonchev–Trinajstić information content (AvgIpc) is 2.67. The number of fused-ring (bicyclic) bond motifs is 1. The van der Waals surface area contributed by atoms with Crippen LogP contribution in [0.2, 0.25) is 0 Å². The van der Waals surface area contributed by atoms with Gasteiger partial charge in [-0.25, -0.2) is 4.79 Å². The number of carbonyl (C=O) groups excluding carboxylic acids is 2. The van der Waals surface area contributed by atoms with Gasteiger partial charge in [0, 0.05) is 16.6 Å². The summed E-state index contributed by atoms with van der Waals surface area (Å²) in [5, 5.41) is 2.72. The Hall–Kier alpha value is -2.67. The number of ether oxygens (including phenoxy) is 3. The van der Waals surface area contributed by atoms with E-state index in [4.69, 9.17) is 14.2 Å². The van der Waals surface area contributed by atoms with Gasteiger partial charge in [0.05, 0.1) is 5.56 Å². The SMILES string of the molecule is CSc1ccccc1C(=O)O[C@H](C)C(=O)Nc1ccc2c(c1)OCCO2. The molecule has 1 N–H and O–H groups in total. The second-order valence-corrected chi connectivity index (χ2v) is 6.44. The third kappa shape index (κ3) is 4.11. The Kier molecular flexibility index (Phi) is 5.68. The molecule has 1 atom stereocenters. The van der Waals surface area contributed by atoms with Gasteiger partial charge in [0.1, 0.15) is 13.2 Å². The molecular formula is C19H19NO5S. The molecule has 0 unspecified atom stereocenters. The van der Waals surface area contributed by atoms with E-state index in [-0.39, 0.29) is 0 Å². The highest BCUT2D eigenvalue weighted by Gasteiger charge is 2.21. The van der Waals surface area contributed by atoms with E-state index in [9.17, 15) is 9.59 Å². The zero-order chi connectivity index (χ0) is 18.5. The summed E-state index contributed by atoms with van der Waals surface area (Å²) in [7, 11) is 0. The fraction of sp³-hybridized carbons (Fsp3) is 0.263. The first kappa shape index (κ1) is 18.1. The molecule has 3 rings (SSSR count). The van der Waals surface area contributed by atoms with Crippen LogP contribution in [0.1, 0.15) is 17.3 Å². The van der Waals surface area contributed by atoms with Crippen molar-refractivity contribution in [2.45, 2.75) is 17.9 Å². The molecular weight excluding hydrogens is 354 g/mol. The van der Waals surface area contributed by atoms with Gasteiger partial charge in [0.2, 0.25) is 0 Å². The zero-order valence-electron chi connectivity index (χ0n) is 14.5. The van der Waals surface area contributed by atoms with E-state index in [1.54, 1.807) is 30.3 Å². The Morgan fingerprint density at radius 3 is 2.62 bits per heavy atom. The van der Waals surface area contributed by atoms with E-state index in [1.165, 1.54) is 18.7 Å². The molecule has 6 nitrogen and oxygen atoms in total. The predicted octanol–water partition coefficient (Wildman–Crippen LogP) is 3.36. The Labute approximate surface area is 155 Å². The minimum Gasteiger partial charge on any atom is -0.486 e. The highest BCUT2D eigenvalue weighted by atomic mass is 32.2. The summed E-state index contributed by atoms with van der Waals surface area (Å²) in [5.41, 5.74) is 0.991. The zero-order valence-corrected chi connectivity index (χ0v) is 15.3. The van der Waals surface area contributed by atoms with E-state index in [1.807, 2.05) is 18.4 Å². The summed E-state index contributed by atoms with van der Waals surface area (Å²) >= 11 is 1.45. The lowest BCUT2D eigenvalue weighted by Crippen LogP contribution is -2.30. The molecule has 0 bridgehead atoms. The quantitative estimate of drug-likeness (QED) is 0.640. The van der Waals surface area contributed by atoms with E-state index in [0.29, 0.717) is 36.0 Å². The maximum absolute atomic E-state index is 12.3. The minimum atomic E-state index is -0.939. The smallest absolute Gasteiger partial charge is 0.340 e. The normalized spacial score (nSPS) is 13.6. The number of nitrogens with one attached hydrogen (secondary N) is 1. The number of rotatable bonds is 5. The molecule has 0 fully saturated rings. The molecule has 1 heterocycles. The second kappa shape index (κ2) is 8.14. The van der Waals surface area contributed by atoms with Gasteiger partial charge in [-0.1, -0.05) is 12.1 Å². The van der Waals surface area contributed by atoms with Crippen LogP contribution in [0.25, 0.3) is 0 Å². The Morgan fingerprint density at radius 2 is 1.85 bits per heavy atom. The van der Waals surface area contributed by atoms with Crippen molar-refractivity contribution in [3.05, 3.63) is 48.0 Å². The lowest BCUT2D eigenvalue weighted by atomic mass is 10.2. The molecule has 1 amide bonds. The maximum atomic E-state index is 12.3. The van der Waals surface area contributed by atoms with Gasteiger partial charge < -0.3 is 19.5 Å². The van der Waals surface area contributed by atoms with Crippen molar-refractivity contribution in [2.24, 2.45) is 0 Å². The van der Waals surface area contributed by atoms with Gasteiger partial charge in [0.15, 0.2) is 17.6 Å². The third-order valence-electron chi connectivity index (χ3n) is 3.79. The molecule has 136 valence electrons. The van der Waals surface area contributed by atoms with Crippen LogP contribution in [0.3, 0.4) is 0 Å². The largest absolute Gasteiger partial charge is 0.486 e. The van der Waals surface area contributed by atoms with Crippen LogP contribution < -0.4 is 14.8 Å². The molecule has 0 radical (unpaired) electrons. The highest BCUT2D eigenvalue weighted by molar-refractivity contribution is 7.98. The summed E-state index contributed by atoms with van der Waals surface area (Å²) in [6, 6.07) is 12.3. The summed E-state index contributed by atoms with van der Waals surface area (Å²) in [5.74, 6) is 0.270. The van der Waals surface area contributed by atoms with Gasteiger partial charge in [-0.2, -0.15) is 0 Å². The van der Waals surface area contributed by atoms with Crippen LogP contribution in [0.5, 0.6) is 11.5 Å². The van der Waals surface area contributed by atoms with Gasteiger partial charge in [-0.05, 0) is 37.4 Å². The van der Waals surface area contributed by atoms with Crippen LogP contribution in [0.15, 0.2) is 47.4 Å². The van der Waals surface area contributed by atoms with Crippen LogP contribution in [-0.2, 0) is 9.53 Å². The van der Waals surface area contributed by atoms with Gasteiger partial charge in [0.25, 0.3) is 5.91 Å². The van der Waals surface area contributed by atoms with Crippen LogP contribution >= 0.6 is 11.8 Å². The van der Waals surface area contributed by atoms with E-state index in [2.05, 4.69) is 5.32 Å². The third-order valence-corrected chi connectivity index (χ3v) is 4.59. The molecule has 26 heavy (non-hydrogen) atoms. The van der Waals surface area contributed by atoms with Crippen molar-refractivity contribution in [3.63, 3.8) is 0 Å². The predicted molar refractivity (Wildman–Crippen MR) is 99.2 cm³/mol. The molecule has 7 heteroatoms. The number of carbonyl (C=O) groups is 2. The summed E-state index contributed by atoms with van der Waals surface area (Å²) in [6.07, 6.45) is 0.940. The lowest BCUT2D eigenvalue weighted by Gasteiger charge is -2.19. The number of amides is 1. The number of esters is 1. The average molecular weight is 373 g/mol. The fourth-order valence-corrected chi connectivity index (χ4v) is 3.04. The van der Waals surface area contributed by atoms with Crippen molar-refractivity contribution in [2.75, 3.05) is 24.8 Å². The van der Waals surface area contributed by atoms with Gasteiger partial charge in [-0.15, -0.1) is 11.8 Å². The van der Waals surface area contributed by atoms with E-state index < -0.39 is 18.0 Å². The first-order valence-electron chi connectivity index (χ1n) is 8.13. The number of hydrogen-bond donors (Lipinski definition) is 1. The molecule has 2 aromatic rings. The molecule has 1 aliphatic rings. The number of hydrogen-bond acceptors (Lipinski definition) is 6. The maximum Gasteiger partial charge on any atom is 0.340 e.